The molecule has 0 saturated heterocycles. The van der Waals surface area contributed by atoms with E-state index in [0.29, 0.717) is 16.6 Å². The minimum Gasteiger partial charge on any atom is -0.379 e. The van der Waals surface area contributed by atoms with E-state index < -0.39 is 12.3 Å². The summed E-state index contributed by atoms with van der Waals surface area (Å²) in [6.45, 7) is 0. The summed E-state index contributed by atoms with van der Waals surface area (Å²) < 4.78 is 37.3. The lowest BCUT2D eigenvalue weighted by Gasteiger charge is -2.15. The molecule has 0 saturated carbocycles. The van der Waals surface area contributed by atoms with Crippen LogP contribution in [0.25, 0.3) is 10.9 Å². The van der Waals surface area contributed by atoms with Gasteiger partial charge in [0.15, 0.2) is 11.9 Å². The average Bonchev–Trinajstić information content (AvgIpc) is 2.91. The lowest BCUT2D eigenvalue weighted by molar-refractivity contribution is -0.206. The van der Waals surface area contributed by atoms with Gasteiger partial charge in [-0.3, -0.25) is 9.89 Å². The zero-order chi connectivity index (χ0) is 16.6. The zero-order valence-electron chi connectivity index (χ0n) is 11.5. The molecule has 2 heterocycles. The normalized spacial score (nSPS) is 13.2. The molecular formula is C14H11F3N4O2. The number of aromatic nitrogens is 3. The Labute approximate surface area is 127 Å². The van der Waals surface area contributed by atoms with Gasteiger partial charge in [0.25, 0.3) is 5.56 Å². The lowest BCUT2D eigenvalue weighted by Crippen LogP contribution is -2.20. The fourth-order valence-corrected chi connectivity index (χ4v) is 2.14. The lowest BCUT2D eigenvalue weighted by atomic mass is 10.1. The van der Waals surface area contributed by atoms with E-state index in [9.17, 15) is 23.1 Å². The topological polar surface area (TPSA) is 93.8 Å². The summed E-state index contributed by atoms with van der Waals surface area (Å²) in [7, 11) is 0. The number of nitrogens with zero attached hydrogens (tertiary/aromatic N) is 1. The monoisotopic (exact) mass is 324 g/mol. The van der Waals surface area contributed by atoms with Crippen LogP contribution in [0.15, 0.2) is 41.3 Å². The summed E-state index contributed by atoms with van der Waals surface area (Å²) in [6.07, 6.45) is -5.79. The molecule has 0 unspecified atom stereocenters. The Balaban J connectivity index is 1.87. The van der Waals surface area contributed by atoms with Crippen molar-refractivity contribution in [2.45, 2.75) is 12.3 Å². The third kappa shape index (κ3) is 2.90. The van der Waals surface area contributed by atoms with E-state index in [2.05, 4.69) is 20.5 Å². The summed E-state index contributed by atoms with van der Waals surface area (Å²) in [6, 6.07) is 6.67. The molecule has 120 valence electrons. The fourth-order valence-electron chi connectivity index (χ4n) is 2.14. The number of pyridine rings is 1. The average molecular weight is 324 g/mol. The maximum Gasteiger partial charge on any atom is 0.418 e. The second kappa shape index (κ2) is 5.43. The van der Waals surface area contributed by atoms with Crippen molar-refractivity contribution >= 4 is 22.4 Å². The van der Waals surface area contributed by atoms with Gasteiger partial charge < -0.3 is 15.4 Å². The summed E-state index contributed by atoms with van der Waals surface area (Å²) in [5.74, 6) is 0.256. The number of hydrogen-bond donors (Lipinski definition) is 4. The van der Waals surface area contributed by atoms with Crippen molar-refractivity contribution in [1.82, 2.24) is 15.2 Å². The number of hydrogen-bond acceptors (Lipinski definition) is 4. The van der Waals surface area contributed by atoms with Crippen LogP contribution in [-0.4, -0.2) is 26.5 Å². The van der Waals surface area contributed by atoms with E-state index in [1.807, 2.05) is 0 Å². The fraction of sp³-hybridized carbons (Fsp3) is 0.143. The molecule has 23 heavy (non-hydrogen) atoms. The predicted octanol–water partition coefficient (Wildman–Crippen LogP) is 2.59. The van der Waals surface area contributed by atoms with Crippen LogP contribution < -0.4 is 10.9 Å². The molecule has 0 fully saturated rings. The number of halogens is 3. The van der Waals surface area contributed by atoms with E-state index in [1.165, 1.54) is 18.3 Å². The van der Waals surface area contributed by atoms with Gasteiger partial charge in [-0.1, -0.05) is 12.1 Å². The Hall–Kier alpha value is -2.81. The number of nitrogens with one attached hydrogen (secondary N) is 3. The van der Waals surface area contributed by atoms with Crippen LogP contribution in [0.3, 0.4) is 0 Å². The number of aliphatic hydroxyl groups is 1. The Bertz CT molecular complexity index is 883. The van der Waals surface area contributed by atoms with Crippen molar-refractivity contribution < 1.29 is 18.3 Å². The van der Waals surface area contributed by atoms with Crippen molar-refractivity contribution in [2.75, 3.05) is 5.32 Å². The van der Waals surface area contributed by atoms with E-state index in [-0.39, 0.29) is 16.9 Å². The SMILES string of the molecule is O=c1[nH]ccc2[nH]nc(Nc3ccc([C@H](O)C(F)(F)F)cc3)c12. The highest BCUT2D eigenvalue weighted by Crippen LogP contribution is 2.33. The highest BCUT2D eigenvalue weighted by atomic mass is 19.4. The largest absolute Gasteiger partial charge is 0.418 e. The number of fused-ring (bicyclic) bond motifs is 1. The van der Waals surface area contributed by atoms with E-state index in [1.54, 1.807) is 6.07 Å². The molecule has 0 aliphatic rings. The molecule has 0 aliphatic heterocycles. The third-order valence-electron chi connectivity index (χ3n) is 3.28. The molecule has 0 spiro atoms. The molecule has 1 aromatic carbocycles. The standard InChI is InChI=1S/C14H11F3N4O2/c15-14(16,17)11(22)7-1-3-8(4-2-7)19-12-10-9(20-21-12)5-6-18-13(10)23/h1-6,11,22H,(H,18,23)(H2,19,20,21)/t11-/m0/s1. The smallest absolute Gasteiger partial charge is 0.379 e. The quantitative estimate of drug-likeness (QED) is 0.596. The number of alkyl halides is 3. The molecular weight excluding hydrogens is 313 g/mol. The minimum absolute atomic E-state index is 0.256. The maximum atomic E-state index is 12.4. The molecule has 3 rings (SSSR count). The first kappa shape index (κ1) is 15.1. The van der Waals surface area contributed by atoms with E-state index in [0.717, 1.165) is 12.1 Å². The number of aromatic amines is 2. The molecule has 6 nitrogen and oxygen atoms in total. The number of H-pyrrole nitrogens is 2. The van der Waals surface area contributed by atoms with Crippen LogP contribution in [0, 0.1) is 0 Å². The highest BCUT2D eigenvalue weighted by molar-refractivity contribution is 5.90. The van der Waals surface area contributed by atoms with Gasteiger partial charge in [-0.15, -0.1) is 0 Å². The number of aliphatic hydroxyl groups excluding tert-OH is 1. The summed E-state index contributed by atoms with van der Waals surface area (Å²) >= 11 is 0. The van der Waals surface area contributed by atoms with E-state index in [4.69, 9.17) is 0 Å². The van der Waals surface area contributed by atoms with Crippen molar-refractivity contribution in [3.63, 3.8) is 0 Å². The van der Waals surface area contributed by atoms with Crippen LogP contribution in [-0.2, 0) is 0 Å². The van der Waals surface area contributed by atoms with Gasteiger partial charge in [-0.05, 0) is 23.8 Å². The number of benzene rings is 1. The molecule has 0 aliphatic carbocycles. The van der Waals surface area contributed by atoms with Crippen molar-refractivity contribution in [1.29, 1.82) is 0 Å². The second-order valence-corrected chi connectivity index (χ2v) is 4.86. The first-order chi connectivity index (χ1) is 10.9. The molecule has 4 N–H and O–H groups in total. The highest BCUT2D eigenvalue weighted by Gasteiger charge is 2.39. The zero-order valence-corrected chi connectivity index (χ0v) is 11.5. The van der Waals surface area contributed by atoms with Crippen LogP contribution in [0.2, 0.25) is 0 Å². The third-order valence-corrected chi connectivity index (χ3v) is 3.28. The van der Waals surface area contributed by atoms with Gasteiger partial charge in [0.1, 0.15) is 5.39 Å². The first-order valence-corrected chi connectivity index (χ1v) is 6.54. The van der Waals surface area contributed by atoms with Crippen LogP contribution in [0.1, 0.15) is 11.7 Å². The summed E-state index contributed by atoms with van der Waals surface area (Å²) in [4.78, 5) is 14.3. The molecule has 1 atom stereocenters. The number of rotatable bonds is 3. The summed E-state index contributed by atoms with van der Waals surface area (Å²) in [5, 5.41) is 19.0. The maximum absolute atomic E-state index is 12.4. The van der Waals surface area contributed by atoms with E-state index >= 15 is 0 Å². The van der Waals surface area contributed by atoms with Crippen LogP contribution in [0.5, 0.6) is 0 Å². The van der Waals surface area contributed by atoms with Crippen LogP contribution in [0.4, 0.5) is 24.7 Å². The van der Waals surface area contributed by atoms with Gasteiger partial charge in [0.2, 0.25) is 0 Å². The molecule has 0 bridgehead atoms. The molecule has 3 aromatic rings. The van der Waals surface area contributed by atoms with Gasteiger partial charge in [-0.25, -0.2) is 0 Å². The van der Waals surface area contributed by atoms with Crippen molar-refractivity contribution in [3.8, 4) is 0 Å². The second-order valence-electron chi connectivity index (χ2n) is 4.86. The molecule has 9 heteroatoms. The van der Waals surface area contributed by atoms with Crippen LogP contribution >= 0.6 is 0 Å². The number of anilines is 2. The van der Waals surface area contributed by atoms with Crippen molar-refractivity contribution in [2.24, 2.45) is 0 Å². The van der Waals surface area contributed by atoms with Gasteiger partial charge in [-0.2, -0.15) is 18.3 Å². The Morgan fingerprint density at radius 3 is 2.52 bits per heavy atom. The van der Waals surface area contributed by atoms with Gasteiger partial charge in [0.05, 0.1) is 5.52 Å². The summed E-state index contributed by atoms with van der Waals surface area (Å²) in [5.41, 5.74) is 0.343. The Morgan fingerprint density at radius 1 is 1.17 bits per heavy atom. The first-order valence-electron chi connectivity index (χ1n) is 6.54. The predicted molar refractivity (Wildman–Crippen MR) is 77.5 cm³/mol. The molecule has 0 radical (unpaired) electrons. The van der Waals surface area contributed by atoms with Crippen molar-refractivity contribution in [3.05, 3.63) is 52.4 Å². The minimum atomic E-state index is -4.72. The van der Waals surface area contributed by atoms with Gasteiger partial charge in [0, 0.05) is 11.9 Å². The molecule has 2 aromatic heterocycles. The Kier molecular flexibility index (Phi) is 3.57. The Morgan fingerprint density at radius 2 is 1.87 bits per heavy atom. The molecule has 0 amide bonds. The van der Waals surface area contributed by atoms with Gasteiger partial charge >= 0.3 is 6.18 Å².